The van der Waals surface area contributed by atoms with Crippen LogP contribution in [0.25, 0.3) is 0 Å². The van der Waals surface area contributed by atoms with Crippen LogP contribution in [0.15, 0.2) is 42.5 Å². The Morgan fingerprint density at radius 2 is 1.40 bits per heavy atom. The zero-order chi connectivity index (χ0) is 14.8. The summed E-state index contributed by atoms with van der Waals surface area (Å²) in [6.45, 7) is 0.168. The van der Waals surface area contributed by atoms with Gasteiger partial charge in [0.25, 0.3) is 0 Å². The predicted molar refractivity (Wildman–Crippen MR) is 65.1 cm³/mol. The van der Waals surface area contributed by atoms with Crippen LogP contribution < -0.4 is 5.32 Å². The van der Waals surface area contributed by atoms with Gasteiger partial charge in [0.2, 0.25) is 0 Å². The van der Waals surface area contributed by atoms with Crippen molar-refractivity contribution in [3.05, 3.63) is 65.2 Å². The second-order valence-corrected chi connectivity index (χ2v) is 4.21. The molecule has 6 heteroatoms. The van der Waals surface area contributed by atoms with E-state index < -0.39 is 23.4 Å². The molecule has 0 aliphatic rings. The first-order valence-corrected chi connectivity index (χ1v) is 5.71. The summed E-state index contributed by atoms with van der Waals surface area (Å²) in [6, 6.07) is 7.49. The monoisotopic (exact) mass is 287 g/mol. The van der Waals surface area contributed by atoms with Crippen LogP contribution in [-0.4, -0.2) is 0 Å². The Morgan fingerprint density at radius 3 is 1.90 bits per heavy atom. The van der Waals surface area contributed by atoms with Crippen LogP contribution in [0.1, 0.15) is 11.1 Å². The number of anilines is 1. The van der Waals surface area contributed by atoms with Gasteiger partial charge < -0.3 is 5.32 Å². The van der Waals surface area contributed by atoms with E-state index in [1.54, 1.807) is 0 Å². The summed E-state index contributed by atoms with van der Waals surface area (Å²) >= 11 is 0. The van der Waals surface area contributed by atoms with E-state index >= 15 is 0 Å². The van der Waals surface area contributed by atoms with Crippen molar-refractivity contribution in [3.63, 3.8) is 0 Å². The average Bonchev–Trinajstić information content (AvgIpc) is 2.35. The van der Waals surface area contributed by atoms with E-state index in [9.17, 15) is 22.0 Å². The molecule has 0 atom stereocenters. The summed E-state index contributed by atoms with van der Waals surface area (Å²) in [5, 5.41) is 2.74. The van der Waals surface area contributed by atoms with Gasteiger partial charge in [0.05, 0.1) is 5.56 Å². The highest BCUT2D eigenvalue weighted by molar-refractivity contribution is 5.44. The van der Waals surface area contributed by atoms with Gasteiger partial charge in [0, 0.05) is 18.3 Å². The van der Waals surface area contributed by atoms with E-state index in [1.807, 2.05) is 0 Å². The maximum atomic E-state index is 12.9. The second kappa shape index (κ2) is 5.48. The summed E-state index contributed by atoms with van der Waals surface area (Å²) in [5.41, 5.74) is 0.0584. The van der Waals surface area contributed by atoms with Crippen molar-refractivity contribution >= 4 is 5.69 Å². The van der Waals surface area contributed by atoms with Crippen molar-refractivity contribution in [2.24, 2.45) is 0 Å². The molecule has 0 bridgehead atoms. The Bertz CT molecular complexity index is 569. The quantitative estimate of drug-likeness (QED) is 0.814. The molecule has 0 aromatic heterocycles. The molecule has 0 radical (unpaired) electrons. The van der Waals surface area contributed by atoms with Crippen LogP contribution in [-0.2, 0) is 12.7 Å². The van der Waals surface area contributed by atoms with E-state index in [4.69, 9.17) is 0 Å². The zero-order valence-corrected chi connectivity index (χ0v) is 10.1. The van der Waals surface area contributed by atoms with Crippen LogP contribution in [0.4, 0.5) is 27.6 Å². The first-order valence-electron chi connectivity index (χ1n) is 5.71. The van der Waals surface area contributed by atoms with Gasteiger partial charge >= 0.3 is 6.18 Å². The maximum absolute atomic E-state index is 12.9. The molecule has 20 heavy (non-hydrogen) atoms. The van der Waals surface area contributed by atoms with E-state index in [-0.39, 0.29) is 12.2 Å². The Kier molecular flexibility index (Phi) is 3.92. The molecule has 106 valence electrons. The largest absolute Gasteiger partial charge is 0.416 e. The number of alkyl halides is 3. The third-order valence-electron chi connectivity index (χ3n) is 2.64. The van der Waals surface area contributed by atoms with Gasteiger partial charge in [-0.1, -0.05) is 12.1 Å². The fraction of sp³-hybridized carbons (Fsp3) is 0.143. The van der Waals surface area contributed by atoms with Crippen molar-refractivity contribution in [1.29, 1.82) is 0 Å². The lowest BCUT2D eigenvalue weighted by Crippen LogP contribution is -2.05. The molecule has 0 fully saturated rings. The lowest BCUT2D eigenvalue weighted by Gasteiger charge is -2.09. The van der Waals surface area contributed by atoms with Crippen molar-refractivity contribution in [1.82, 2.24) is 0 Å². The third kappa shape index (κ3) is 3.69. The third-order valence-corrected chi connectivity index (χ3v) is 2.64. The van der Waals surface area contributed by atoms with E-state index in [2.05, 4.69) is 5.32 Å². The van der Waals surface area contributed by atoms with Crippen molar-refractivity contribution in [2.45, 2.75) is 12.7 Å². The summed E-state index contributed by atoms with van der Waals surface area (Å²) in [4.78, 5) is 0. The van der Waals surface area contributed by atoms with Gasteiger partial charge in [-0.25, -0.2) is 8.78 Å². The molecule has 2 aromatic carbocycles. The molecular formula is C14H10F5N. The molecule has 0 amide bonds. The van der Waals surface area contributed by atoms with E-state index in [1.165, 1.54) is 12.1 Å². The Hall–Kier alpha value is -2.11. The fourth-order valence-electron chi connectivity index (χ4n) is 1.67. The Labute approximate surface area is 112 Å². The van der Waals surface area contributed by atoms with Gasteiger partial charge in [-0.05, 0) is 29.8 Å². The molecule has 2 rings (SSSR count). The van der Waals surface area contributed by atoms with Gasteiger partial charge in [0.1, 0.15) is 11.6 Å². The molecule has 2 aromatic rings. The standard InChI is InChI=1S/C14H10F5N/c15-11-5-12(16)7-13(6-11)20-8-9-1-3-10(4-2-9)14(17,18)19/h1-7,20H,8H2. The molecule has 0 saturated heterocycles. The number of rotatable bonds is 3. The van der Waals surface area contributed by atoms with Crippen molar-refractivity contribution < 1.29 is 22.0 Å². The maximum Gasteiger partial charge on any atom is 0.416 e. The SMILES string of the molecule is Fc1cc(F)cc(NCc2ccc(C(F)(F)F)cc2)c1. The molecule has 0 spiro atoms. The van der Waals surface area contributed by atoms with Crippen LogP contribution in [0, 0.1) is 11.6 Å². The fourth-order valence-corrected chi connectivity index (χ4v) is 1.67. The predicted octanol–water partition coefficient (Wildman–Crippen LogP) is 4.60. The molecule has 0 heterocycles. The van der Waals surface area contributed by atoms with E-state index in [0.29, 0.717) is 5.56 Å². The number of nitrogens with one attached hydrogen (secondary N) is 1. The minimum atomic E-state index is -4.38. The number of halogens is 5. The van der Waals surface area contributed by atoms with Crippen molar-refractivity contribution in [3.8, 4) is 0 Å². The smallest absolute Gasteiger partial charge is 0.381 e. The lowest BCUT2D eigenvalue weighted by molar-refractivity contribution is -0.137. The Balaban J connectivity index is 2.04. The van der Waals surface area contributed by atoms with Crippen LogP contribution in [0.3, 0.4) is 0 Å². The highest BCUT2D eigenvalue weighted by Gasteiger charge is 2.29. The van der Waals surface area contributed by atoms with Crippen LogP contribution in [0.2, 0.25) is 0 Å². The highest BCUT2D eigenvalue weighted by Crippen LogP contribution is 2.29. The molecule has 0 aliphatic heterocycles. The minimum absolute atomic E-state index is 0.168. The number of hydrogen-bond acceptors (Lipinski definition) is 1. The topological polar surface area (TPSA) is 12.0 Å². The average molecular weight is 287 g/mol. The van der Waals surface area contributed by atoms with Gasteiger partial charge in [-0.2, -0.15) is 13.2 Å². The molecular weight excluding hydrogens is 277 g/mol. The lowest BCUT2D eigenvalue weighted by atomic mass is 10.1. The van der Waals surface area contributed by atoms with Crippen LogP contribution >= 0.6 is 0 Å². The normalized spacial score (nSPS) is 11.4. The molecule has 1 nitrogen and oxygen atoms in total. The summed E-state index contributed by atoms with van der Waals surface area (Å²) in [6.07, 6.45) is -4.38. The Morgan fingerprint density at radius 1 is 0.850 bits per heavy atom. The summed E-state index contributed by atoms with van der Waals surface area (Å²) < 4.78 is 62.9. The first kappa shape index (κ1) is 14.3. The first-order chi connectivity index (χ1) is 9.34. The summed E-state index contributed by atoms with van der Waals surface area (Å²) in [5.74, 6) is -1.44. The van der Waals surface area contributed by atoms with Gasteiger partial charge in [-0.3, -0.25) is 0 Å². The molecule has 1 N–H and O–H groups in total. The molecule has 0 unspecified atom stereocenters. The minimum Gasteiger partial charge on any atom is -0.381 e. The van der Waals surface area contributed by atoms with E-state index in [0.717, 1.165) is 30.3 Å². The van der Waals surface area contributed by atoms with Gasteiger partial charge in [0.15, 0.2) is 0 Å². The second-order valence-electron chi connectivity index (χ2n) is 4.21. The molecule has 0 saturated carbocycles. The van der Waals surface area contributed by atoms with Crippen molar-refractivity contribution in [2.75, 3.05) is 5.32 Å². The number of hydrogen-bond donors (Lipinski definition) is 1. The summed E-state index contributed by atoms with van der Waals surface area (Å²) in [7, 11) is 0. The van der Waals surface area contributed by atoms with Gasteiger partial charge in [-0.15, -0.1) is 0 Å². The highest BCUT2D eigenvalue weighted by atomic mass is 19.4. The van der Waals surface area contributed by atoms with Crippen LogP contribution in [0.5, 0.6) is 0 Å². The zero-order valence-electron chi connectivity index (χ0n) is 10.1. The number of benzene rings is 2. The molecule has 0 aliphatic carbocycles.